The lowest BCUT2D eigenvalue weighted by atomic mass is 9.91. The summed E-state index contributed by atoms with van der Waals surface area (Å²) in [7, 11) is 2.11. The third kappa shape index (κ3) is 3.77. The molecule has 2 aromatic rings. The Labute approximate surface area is 172 Å². The van der Waals surface area contributed by atoms with E-state index in [9.17, 15) is 9.59 Å². The molecule has 2 heterocycles. The zero-order valence-electron chi connectivity index (χ0n) is 16.8. The first-order valence-corrected chi connectivity index (χ1v) is 10.2. The van der Waals surface area contributed by atoms with Crippen LogP contribution in [0.5, 0.6) is 0 Å². The van der Waals surface area contributed by atoms with E-state index in [1.165, 1.54) is 0 Å². The first-order chi connectivity index (χ1) is 14.1. The predicted molar refractivity (Wildman–Crippen MR) is 117 cm³/mol. The van der Waals surface area contributed by atoms with Crippen LogP contribution in [0.1, 0.15) is 24.0 Å². The lowest BCUT2D eigenvalue weighted by molar-refractivity contribution is -0.141. The summed E-state index contributed by atoms with van der Waals surface area (Å²) >= 11 is 0. The Kier molecular flexibility index (Phi) is 5.38. The molecular formula is C24H27N3O2. The van der Waals surface area contributed by atoms with E-state index >= 15 is 0 Å². The van der Waals surface area contributed by atoms with Gasteiger partial charge in [0.05, 0.1) is 0 Å². The zero-order chi connectivity index (χ0) is 20.4. The standard InChI is InChI=1S/C24H27N3O2/c1-3-17-8-5-7-11-22(17)26(2)19-12-14-27(15-13-19)24(29)20-16-18-9-4-6-10-21(18)25-23(20)28/h3-11,19-20H,1,12-16H2,2H3,(H,25,28). The Balaban J connectivity index is 1.40. The van der Waals surface area contributed by atoms with Crippen molar-refractivity contribution in [2.45, 2.75) is 25.3 Å². The number of piperidine rings is 1. The summed E-state index contributed by atoms with van der Waals surface area (Å²) < 4.78 is 0. The molecule has 1 N–H and O–H groups in total. The molecule has 150 valence electrons. The monoisotopic (exact) mass is 389 g/mol. The van der Waals surface area contributed by atoms with E-state index in [1.807, 2.05) is 47.4 Å². The summed E-state index contributed by atoms with van der Waals surface area (Å²) in [5.41, 5.74) is 4.13. The van der Waals surface area contributed by atoms with Gasteiger partial charge in [-0.2, -0.15) is 0 Å². The summed E-state index contributed by atoms with van der Waals surface area (Å²) in [5.74, 6) is -0.863. The molecule has 0 aliphatic carbocycles. The fraction of sp³-hybridized carbons (Fsp3) is 0.333. The number of hydrogen-bond acceptors (Lipinski definition) is 3. The van der Waals surface area contributed by atoms with Gasteiger partial charge in [-0.05, 0) is 42.5 Å². The van der Waals surface area contributed by atoms with Crippen LogP contribution in [0.2, 0.25) is 0 Å². The Morgan fingerprint density at radius 2 is 1.83 bits per heavy atom. The second-order valence-electron chi connectivity index (χ2n) is 7.83. The quantitative estimate of drug-likeness (QED) is 0.814. The Morgan fingerprint density at radius 3 is 2.59 bits per heavy atom. The van der Waals surface area contributed by atoms with Gasteiger partial charge in [0.1, 0.15) is 5.92 Å². The van der Waals surface area contributed by atoms with Gasteiger partial charge in [-0.25, -0.2) is 0 Å². The lowest BCUT2D eigenvalue weighted by Crippen LogP contribution is -2.50. The van der Waals surface area contributed by atoms with Crippen LogP contribution in [0, 0.1) is 5.92 Å². The normalized spacial score (nSPS) is 19.3. The molecular weight excluding hydrogens is 362 g/mol. The molecule has 0 aromatic heterocycles. The molecule has 1 atom stereocenters. The number of anilines is 2. The second-order valence-corrected chi connectivity index (χ2v) is 7.83. The predicted octanol–water partition coefficient (Wildman–Crippen LogP) is 3.57. The number of carbonyl (C=O) groups is 2. The van der Waals surface area contributed by atoms with Crippen molar-refractivity contribution in [3.8, 4) is 0 Å². The molecule has 1 saturated heterocycles. The molecule has 5 heteroatoms. The minimum absolute atomic E-state index is 0.0513. The Hall–Kier alpha value is -3.08. The summed E-state index contributed by atoms with van der Waals surface area (Å²) in [6.45, 7) is 5.26. The molecule has 1 unspecified atom stereocenters. The van der Waals surface area contributed by atoms with E-state index in [-0.39, 0.29) is 11.8 Å². The average molecular weight is 389 g/mol. The van der Waals surface area contributed by atoms with Crippen molar-refractivity contribution in [1.29, 1.82) is 0 Å². The van der Waals surface area contributed by atoms with Crippen molar-refractivity contribution < 1.29 is 9.59 Å². The smallest absolute Gasteiger partial charge is 0.237 e. The van der Waals surface area contributed by atoms with Gasteiger partial charge in [0.15, 0.2) is 0 Å². The van der Waals surface area contributed by atoms with Gasteiger partial charge in [0, 0.05) is 37.6 Å². The summed E-state index contributed by atoms with van der Waals surface area (Å²) in [6, 6.07) is 16.3. The van der Waals surface area contributed by atoms with Crippen molar-refractivity contribution in [2.75, 3.05) is 30.4 Å². The number of benzene rings is 2. The molecule has 29 heavy (non-hydrogen) atoms. The third-order valence-corrected chi connectivity index (χ3v) is 6.17. The molecule has 0 saturated carbocycles. The zero-order valence-corrected chi connectivity index (χ0v) is 16.8. The number of likely N-dealkylation sites (tertiary alicyclic amines) is 1. The minimum atomic E-state index is -0.624. The number of fused-ring (bicyclic) bond motifs is 1. The Morgan fingerprint density at radius 1 is 1.14 bits per heavy atom. The van der Waals surface area contributed by atoms with E-state index in [4.69, 9.17) is 0 Å². The van der Waals surface area contributed by atoms with Crippen LogP contribution in [0.4, 0.5) is 11.4 Å². The van der Waals surface area contributed by atoms with Gasteiger partial charge in [-0.15, -0.1) is 0 Å². The topological polar surface area (TPSA) is 52.6 Å². The van der Waals surface area contributed by atoms with Gasteiger partial charge in [0.25, 0.3) is 0 Å². The molecule has 0 spiro atoms. The van der Waals surface area contributed by atoms with Crippen LogP contribution in [0.25, 0.3) is 6.08 Å². The van der Waals surface area contributed by atoms with Crippen LogP contribution >= 0.6 is 0 Å². The van der Waals surface area contributed by atoms with Crippen molar-refractivity contribution in [3.63, 3.8) is 0 Å². The second kappa shape index (κ2) is 8.11. The first kappa shape index (κ1) is 19.2. The molecule has 5 nitrogen and oxygen atoms in total. The number of hydrogen-bond donors (Lipinski definition) is 1. The fourth-order valence-electron chi connectivity index (χ4n) is 4.42. The molecule has 4 rings (SSSR count). The summed E-state index contributed by atoms with van der Waals surface area (Å²) in [4.78, 5) is 29.7. The largest absolute Gasteiger partial charge is 0.371 e. The minimum Gasteiger partial charge on any atom is -0.371 e. The highest BCUT2D eigenvalue weighted by Crippen LogP contribution is 2.29. The van der Waals surface area contributed by atoms with E-state index in [2.05, 4.69) is 36.0 Å². The third-order valence-electron chi connectivity index (χ3n) is 6.17. The molecule has 1 fully saturated rings. The van der Waals surface area contributed by atoms with E-state index < -0.39 is 5.92 Å². The van der Waals surface area contributed by atoms with Gasteiger partial charge >= 0.3 is 0 Å². The van der Waals surface area contributed by atoms with Crippen LogP contribution in [0.3, 0.4) is 0 Å². The van der Waals surface area contributed by atoms with Crippen LogP contribution in [-0.4, -0.2) is 42.9 Å². The summed E-state index contributed by atoms with van der Waals surface area (Å²) in [6.07, 6.45) is 4.13. The first-order valence-electron chi connectivity index (χ1n) is 10.2. The lowest BCUT2D eigenvalue weighted by Gasteiger charge is -2.39. The van der Waals surface area contributed by atoms with E-state index in [0.717, 1.165) is 35.3 Å². The average Bonchev–Trinajstić information content (AvgIpc) is 2.77. The maximum atomic E-state index is 13.1. The number of amides is 2. The maximum Gasteiger partial charge on any atom is 0.237 e. The van der Waals surface area contributed by atoms with Gasteiger partial charge in [0.2, 0.25) is 11.8 Å². The Bertz CT molecular complexity index is 931. The van der Waals surface area contributed by atoms with Crippen molar-refractivity contribution in [1.82, 2.24) is 4.90 Å². The number of rotatable bonds is 4. The van der Waals surface area contributed by atoms with E-state index in [1.54, 1.807) is 0 Å². The van der Waals surface area contributed by atoms with Crippen LogP contribution in [0.15, 0.2) is 55.1 Å². The number of carbonyl (C=O) groups excluding carboxylic acids is 2. The number of nitrogens with zero attached hydrogens (tertiary/aromatic N) is 2. The number of para-hydroxylation sites is 2. The maximum absolute atomic E-state index is 13.1. The molecule has 0 radical (unpaired) electrons. The highest BCUT2D eigenvalue weighted by Gasteiger charge is 2.36. The van der Waals surface area contributed by atoms with Gasteiger partial charge in [-0.3, -0.25) is 9.59 Å². The van der Waals surface area contributed by atoms with Crippen LogP contribution < -0.4 is 10.2 Å². The van der Waals surface area contributed by atoms with Gasteiger partial charge < -0.3 is 15.1 Å². The summed E-state index contributed by atoms with van der Waals surface area (Å²) in [5, 5.41) is 2.89. The fourth-order valence-corrected chi connectivity index (χ4v) is 4.42. The SMILES string of the molecule is C=Cc1ccccc1N(C)C1CCN(C(=O)C2Cc3ccccc3NC2=O)CC1. The van der Waals surface area contributed by atoms with Crippen molar-refractivity contribution in [3.05, 3.63) is 66.2 Å². The highest BCUT2D eigenvalue weighted by molar-refractivity contribution is 6.08. The van der Waals surface area contributed by atoms with Gasteiger partial charge in [-0.1, -0.05) is 49.1 Å². The molecule has 2 aromatic carbocycles. The molecule has 0 bridgehead atoms. The van der Waals surface area contributed by atoms with E-state index in [0.29, 0.717) is 25.6 Å². The van der Waals surface area contributed by atoms with Crippen LogP contribution in [-0.2, 0) is 16.0 Å². The molecule has 2 amide bonds. The molecule has 2 aliphatic heterocycles. The highest BCUT2D eigenvalue weighted by atomic mass is 16.2. The van der Waals surface area contributed by atoms with Crippen molar-refractivity contribution in [2.24, 2.45) is 5.92 Å². The van der Waals surface area contributed by atoms with Crippen molar-refractivity contribution >= 4 is 29.3 Å². The number of nitrogens with one attached hydrogen (secondary N) is 1. The molecule has 2 aliphatic rings.